The van der Waals surface area contributed by atoms with Crippen molar-refractivity contribution in [3.63, 3.8) is 0 Å². The van der Waals surface area contributed by atoms with E-state index in [1.54, 1.807) is 0 Å². The Morgan fingerprint density at radius 2 is 2.20 bits per heavy atom. The molecule has 1 aromatic rings. The van der Waals surface area contributed by atoms with E-state index >= 15 is 0 Å². The third-order valence-corrected chi connectivity index (χ3v) is 3.05. The predicted molar refractivity (Wildman–Crippen MR) is 61.1 cm³/mol. The molecule has 1 aromatic carbocycles. The molecule has 0 saturated heterocycles. The Labute approximate surface area is 96.2 Å². The van der Waals surface area contributed by atoms with Gasteiger partial charge in [0.1, 0.15) is 11.1 Å². The molecule has 0 amide bonds. The van der Waals surface area contributed by atoms with Crippen LogP contribution in [-0.4, -0.2) is 16.8 Å². The topological polar surface area (TPSA) is 38.7 Å². The highest BCUT2D eigenvalue weighted by molar-refractivity contribution is 9.10. The molecule has 78 valence electrons. The average molecular weight is 268 g/mol. The Kier molecular flexibility index (Phi) is 3.16. The van der Waals surface area contributed by atoms with E-state index in [0.717, 1.165) is 17.6 Å². The standard InChI is InChI=1S/C11H10BrNO2/c12-9(7-14)10-6-11(15-13-10)8-4-2-1-3-5-8/h1-5,7,9,11H,6H2/t9?,11-/m1/s1. The van der Waals surface area contributed by atoms with Gasteiger partial charge in [-0.25, -0.2) is 0 Å². The molecule has 1 aliphatic rings. The molecule has 3 nitrogen and oxygen atoms in total. The Hall–Kier alpha value is -1.16. The van der Waals surface area contributed by atoms with Crippen molar-refractivity contribution < 1.29 is 9.63 Å². The van der Waals surface area contributed by atoms with Crippen molar-refractivity contribution in [3.8, 4) is 0 Å². The van der Waals surface area contributed by atoms with Gasteiger partial charge >= 0.3 is 0 Å². The Balaban J connectivity index is 2.05. The number of alkyl halides is 1. The van der Waals surface area contributed by atoms with Crippen LogP contribution in [0.2, 0.25) is 0 Å². The third kappa shape index (κ3) is 2.26. The second-order valence-corrected chi connectivity index (χ2v) is 4.32. The van der Waals surface area contributed by atoms with Gasteiger partial charge < -0.3 is 9.63 Å². The van der Waals surface area contributed by atoms with E-state index in [2.05, 4.69) is 21.1 Å². The molecular formula is C11H10BrNO2. The molecule has 0 radical (unpaired) electrons. The first-order valence-electron chi connectivity index (χ1n) is 4.68. The van der Waals surface area contributed by atoms with Gasteiger partial charge in [-0.2, -0.15) is 0 Å². The summed E-state index contributed by atoms with van der Waals surface area (Å²) in [7, 11) is 0. The monoisotopic (exact) mass is 267 g/mol. The number of hydrogen-bond acceptors (Lipinski definition) is 3. The molecule has 1 unspecified atom stereocenters. The van der Waals surface area contributed by atoms with Gasteiger partial charge in [0.25, 0.3) is 0 Å². The van der Waals surface area contributed by atoms with Crippen LogP contribution in [0.4, 0.5) is 0 Å². The van der Waals surface area contributed by atoms with E-state index in [1.165, 1.54) is 0 Å². The van der Waals surface area contributed by atoms with Crippen LogP contribution in [0, 0.1) is 0 Å². The molecule has 1 aliphatic heterocycles. The fourth-order valence-electron chi connectivity index (χ4n) is 1.48. The molecule has 0 N–H and O–H groups in total. The quantitative estimate of drug-likeness (QED) is 0.624. The Morgan fingerprint density at radius 1 is 1.47 bits per heavy atom. The van der Waals surface area contributed by atoms with Crippen LogP contribution >= 0.6 is 15.9 Å². The molecule has 0 spiro atoms. The fraction of sp³-hybridized carbons (Fsp3) is 0.273. The molecule has 2 rings (SSSR count). The van der Waals surface area contributed by atoms with Crippen LogP contribution < -0.4 is 0 Å². The smallest absolute Gasteiger partial charge is 0.157 e. The van der Waals surface area contributed by atoms with Crippen molar-refractivity contribution in [1.29, 1.82) is 0 Å². The molecule has 0 bridgehead atoms. The maximum Gasteiger partial charge on any atom is 0.157 e. The second kappa shape index (κ2) is 4.57. The highest BCUT2D eigenvalue weighted by Gasteiger charge is 2.26. The van der Waals surface area contributed by atoms with Crippen molar-refractivity contribution in [3.05, 3.63) is 35.9 Å². The first-order valence-corrected chi connectivity index (χ1v) is 5.59. The van der Waals surface area contributed by atoms with Crippen molar-refractivity contribution >= 4 is 27.9 Å². The molecule has 2 atom stereocenters. The number of hydrogen-bond donors (Lipinski definition) is 0. The van der Waals surface area contributed by atoms with Crippen molar-refractivity contribution in [1.82, 2.24) is 0 Å². The summed E-state index contributed by atoms with van der Waals surface area (Å²) < 4.78 is 0. The van der Waals surface area contributed by atoms with Crippen LogP contribution in [-0.2, 0) is 9.63 Å². The van der Waals surface area contributed by atoms with Crippen LogP contribution in [0.1, 0.15) is 18.1 Å². The number of aldehydes is 1. The summed E-state index contributed by atoms with van der Waals surface area (Å²) in [5, 5.41) is 3.90. The molecule has 0 saturated carbocycles. The SMILES string of the molecule is O=CC(Br)C1=NO[C@@H](c2ccccc2)C1. The summed E-state index contributed by atoms with van der Waals surface area (Å²) in [6.45, 7) is 0. The maximum atomic E-state index is 10.6. The molecular weight excluding hydrogens is 258 g/mol. The molecule has 15 heavy (non-hydrogen) atoms. The lowest BCUT2D eigenvalue weighted by Gasteiger charge is -2.07. The minimum atomic E-state index is -0.328. The zero-order valence-electron chi connectivity index (χ0n) is 7.97. The van der Waals surface area contributed by atoms with E-state index in [-0.39, 0.29) is 10.9 Å². The summed E-state index contributed by atoms with van der Waals surface area (Å²) in [5.74, 6) is 0. The summed E-state index contributed by atoms with van der Waals surface area (Å²) in [4.78, 5) is 15.5. The number of carbonyl (C=O) groups is 1. The zero-order valence-corrected chi connectivity index (χ0v) is 9.55. The van der Waals surface area contributed by atoms with Crippen molar-refractivity contribution in [2.45, 2.75) is 17.4 Å². The maximum absolute atomic E-state index is 10.6. The largest absolute Gasteiger partial charge is 0.387 e. The van der Waals surface area contributed by atoms with Gasteiger partial charge in [-0.15, -0.1) is 0 Å². The fourth-order valence-corrected chi connectivity index (χ4v) is 1.75. The molecule has 0 aromatic heterocycles. The number of nitrogens with zero attached hydrogens (tertiary/aromatic N) is 1. The van der Waals surface area contributed by atoms with Gasteiger partial charge in [0, 0.05) is 6.42 Å². The predicted octanol–water partition coefficient (Wildman–Crippen LogP) is 2.47. The highest BCUT2D eigenvalue weighted by atomic mass is 79.9. The van der Waals surface area contributed by atoms with Gasteiger partial charge in [-0.1, -0.05) is 51.4 Å². The number of carbonyl (C=O) groups excluding carboxylic acids is 1. The van der Waals surface area contributed by atoms with Gasteiger partial charge in [0.2, 0.25) is 0 Å². The second-order valence-electron chi connectivity index (χ2n) is 3.33. The van der Waals surface area contributed by atoms with E-state index in [4.69, 9.17) is 4.84 Å². The third-order valence-electron chi connectivity index (χ3n) is 2.30. The average Bonchev–Trinajstić information content (AvgIpc) is 2.78. The summed E-state index contributed by atoms with van der Waals surface area (Å²) in [5.41, 5.74) is 1.83. The number of benzene rings is 1. The van der Waals surface area contributed by atoms with E-state index in [0.29, 0.717) is 6.42 Å². The number of oxime groups is 1. The van der Waals surface area contributed by atoms with Crippen molar-refractivity contribution in [2.24, 2.45) is 5.16 Å². The normalized spacial score (nSPS) is 21.7. The summed E-state index contributed by atoms with van der Waals surface area (Å²) in [6.07, 6.45) is 1.43. The summed E-state index contributed by atoms with van der Waals surface area (Å²) in [6, 6.07) is 9.86. The summed E-state index contributed by atoms with van der Waals surface area (Å²) >= 11 is 3.22. The first kappa shape index (κ1) is 10.4. The lowest BCUT2D eigenvalue weighted by Crippen LogP contribution is -2.13. The number of halogens is 1. The van der Waals surface area contributed by atoms with Crippen LogP contribution in [0.3, 0.4) is 0 Å². The van der Waals surface area contributed by atoms with Crippen LogP contribution in [0.5, 0.6) is 0 Å². The molecule has 0 aliphatic carbocycles. The lowest BCUT2D eigenvalue weighted by atomic mass is 10.0. The van der Waals surface area contributed by atoms with Gasteiger partial charge in [-0.05, 0) is 5.56 Å². The molecule has 0 fully saturated rings. The van der Waals surface area contributed by atoms with Crippen LogP contribution in [0.25, 0.3) is 0 Å². The molecule has 1 heterocycles. The zero-order chi connectivity index (χ0) is 10.7. The van der Waals surface area contributed by atoms with Crippen molar-refractivity contribution in [2.75, 3.05) is 0 Å². The Morgan fingerprint density at radius 3 is 2.87 bits per heavy atom. The van der Waals surface area contributed by atoms with Gasteiger partial charge in [0.15, 0.2) is 6.10 Å². The Bertz CT molecular complexity index is 377. The van der Waals surface area contributed by atoms with Gasteiger partial charge in [-0.3, -0.25) is 0 Å². The van der Waals surface area contributed by atoms with E-state index in [9.17, 15) is 4.79 Å². The first-order chi connectivity index (χ1) is 7.31. The highest BCUT2D eigenvalue weighted by Crippen LogP contribution is 2.28. The van der Waals surface area contributed by atoms with E-state index in [1.807, 2.05) is 30.3 Å². The van der Waals surface area contributed by atoms with Crippen LogP contribution in [0.15, 0.2) is 35.5 Å². The lowest BCUT2D eigenvalue weighted by molar-refractivity contribution is -0.106. The van der Waals surface area contributed by atoms with Gasteiger partial charge in [0.05, 0.1) is 5.71 Å². The number of rotatable bonds is 3. The minimum absolute atomic E-state index is 0.0544. The minimum Gasteiger partial charge on any atom is -0.387 e. The van der Waals surface area contributed by atoms with E-state index < -0.39 is 0 Å². The molecule has 4 heteroatoms.